The van der Waals surface area contributed by atoms with Gasteiger partial charge in [-0.25, -0.2) is 14.6 Å². The van der Waals surface area contributed by atoms with Crippen LogP contribution in [0.5, 0.6) is 0 Å². The van der Waals surface area contributed by atoms with E-state index < -0.39 is 0 Å². The number of carbonyl (C=O) groups is 2. The van der Waals surface area contributed by atoms with Gasteiger partial charge in [0.05, 0.1) is 5.56 Å². The molecule has 0 radical (unpaired) electrons. The van der Waals surface area contributed by atoms with Gasteiger partial charge >= 0.3 is 12.0 Å². The van der Waals surface area contributed by atoms with Crippen LogP contribution in [0.3, 0.4) is 0 Å². The van der Waals surface area contributed by atoms with Gasteiger partial charge in [0.15, 0.2) is 5.13 Å². The molecule has 7 nitrogen and oxygen atoms in total. The van der Waals surface area contributed by atoms with Gasteiger partial charge in [-0.1, -0.05) is 36.4 Å². The maximum absolute atomic E-state index is 12.3. The van der Waals surface area contributed by atoms with Crippen LogP contribution in [0.1, 0.15) is 34.0 Å². The normalized spacial score (nSPS) is 16.6. The molecule has 1 aliphatic heterocycles. The molecule has 30 heavy (non-hydrogen) atoms. The summed E-state index contributed by atoms with van der Waals surface area (Å²) in [6.07, 6.45) is 3.69. The summed E-state index contributed by atoms with van der Waals surface area (Å²) in [4.78, 5) is 35.4. The van der Waals surface area contributed by atoms with E-state index in [9.17, 15) is 9.59 Å². The highest BCUT2D eigenvalue weighted by Gasteiger charge is 2.26. The Morgan fingerprint density at radius 1 is 1.03 bits per heavy atom. The molecule has 2 amide bonds. The number of rotatable bonds is 5. The average molecular weight is 423 g/mol. The third-order valence-corrected chi connectivity index (χ3v) is 5.86. The predicted octanol–water partition coefficient (Wildman–Crippen LogP) is 4.74. The number of hydrogen-bond acceptors (Lipinski definition) is 6. The van der Waals surface area contributed by atoms with E-state index in [4.69, 9.17) is 4.84 Å². The van der Waals surface area contributed by atoms with E-state index in [1.165, 1.54) is 11.3 Å². The number of hydrogen-bond donors (Lipinski definition) is 2. The third kappa shape index (κ3) is 5.22. The van der Waals surface area contributed by atoms with Crippen molar-refractivity contribution in [3.63, 3.8) is 0 Å². The number of aromatic nitrogens is 1. The topological polar surface area (TPSA) is 83.6 Å². The Balaban J connectivity index is 1.32. The summed E-state index contributed by atoms with van der Waals surface area (Å²) >= 11 is 1.45. The largest absolute Gasteiger partial charge is 0.364 e. The molecule has 2 aromatic carbocycles. The van der Waals surface area contributed by atoms with Gasteiger partial charge in [0.1, 0.15) is 0 Å². The minimum Gasteiger partial charge on any atom is -0.364 e. The molecular formula is C22H22N4O3S. The molecule has 8 heteroatoms. The molecule has 0 saturated carbocycles. The number of urea groups is 1. The van der Waals surface area contributed by atoms with Gasteiger partial charge in [-0.05, 0) is 37.1 Å². The van der Waals surface area contributed by atoms with Crippen LogP contribution in [-0.4, -0.2) is 35.1 Å². The Hall–Kier alpha value is -3.23. The highest BCUT2D eigenvalue weighted by molar-refractivity contribution is 7.15. The van der Waals surface area contributed by atoms with Crippen molar-refractivity contribution in [1.82, 2.24) is 10.0 Å². The van der Waals surface area contributed by atoms with Gasteiger partial charge in [0.25, 0.3) is 0 Å². The Kier molecular flexibility index (Phi) is 6.36. The van der Waals surface area contributed by atoms with E-state index in [1.807, 2.05) is 48.5 Å². The minimum atomic E-state index is -0.347. The number of anilines is 2. The van der Waals surface area contributed by atoms with E-state index in [2.05, 4.69) is 15.6 Å². The molecule has 1 aromatic heterocycles. The molecule has 1 unspecified atom stereocenters. The second kappa shape index (κ2) is 9.51. The zero-order valence-corrected chi connectivity index (χ0v) is 17.1. The molecule has 1 atom stereocenters. The standard InChI is InChI=1S/C22H22N4O3S/c27-20(16-8-3-1-4-9-16)29-26-13-7-10-17(15-26)19-14-23-22(30-19)25-21(28)24-18-11-5-2-6-12-18/h1-6,8-9,11-12,14,17H,7,10,13,15H2,(H2,23,24,25,28). The van der Waals surface area contributed by atoms with Crippen molar-refractivity contribution in [2.45, 2.75) is 18.8 Å². The first-order valence-electron chi connectivity index (χ1n) is 9.78. The SMILES string of the molecule is O=C(Nc1ccccc1)Nc1ncc(C2CCCN(OC(=O)c3ccccc3)C2)s1. The Labute approximate surface area is 178 Å². The summed E-state index contributed by atoms with van der Waals surface area (Å²) in [6, 6.07) is 17.9. The zero-order chi connectivity index (χ0) is 20.8. The van der Waals surface area contributed by atoms with Crippen LogP contribution in [0.25, 0.3) is 0 Å². The smallest absolute Gasteiger partial charge is 0.357 e. The fraction of sp³-hybridized carbons (Fsp3) is 0.227. The molecule has 0 aliphatic carbocycles. The Bertz CT molecular complexity index is 994. The molecule has 0 spiro atoms. The third-order valence-electron chi connectivity index (χ3n) is 4.78. The number of carbonyl (C=O) groups excluding carboxylic acids is 2. The maximum Gasteiger partial charge on any atom is 0.357 e. The summed E-state index contributed by atoms with van der Waals surface area (Å²) in [7, 11) is 0. The number of benzene rings is 2. The van der Waals surface area contributed by atoms with Crippen LogP contribution < -0.4 is 10.6 Å². The van der Waals surface area contributed by atoms with E-state index in [0.717, 1.165) is 23.4 Å². The molecule has 4 rings (SSSR count). The summed E-state index contributed by atoms with van der Waals surface area (Å²) in [5, 5.41) is 7.81. The molecule has 2 N–H and O–H groups in total. The van der Waals surface area contributed by atoms with Crippen molar-refractivity contribution in [2.75, 3.05) is 23.7 Å². The number of thiazole rings is 1. The van der Waals surface area contributed by atoms with Crippen LogP contribution >= 0.6 is 11.3 Å². The molecule has 2 heterocycles. The second-order valence-electron chi connectivity index (χ2n) is 6.98. The van der Waals surface area contributed by atoms with Gasteiger partial charge in [-0.15, -0.1) is 16.4 Å². The summed E-state index contributed by atoms with van der Waals surface area (Å²) in [5.41, 5.74) is 1.25. The van der Waals surface area contributed by atoms with Crippen LogP contribution in [0.2, 0.25) is 0 Å². The van der Waals surface area contributed by atoms with Crippen molar-refractivity contribution in [1.29, 1.82) is 0 Å². The second-order valence-corrected chi connectivity index (χ2v) is 8.05. The first-order chi connectivity index (χ1) is 14.7. The zero-order valence-electron chi connectivity index (χ0n) is 16.3. The van der Waals surface area contributed by atoms with Gasteiger partial charge in [-0.2, -0.15) is 0 Å². The average Bonchev–Trinajstić information content (AvgIpc) is 3.23. The van der Waals surface area contributed by atoms with Crippen molar-refractivity contribution < 1.29 is 14.4 Å². The summed E-state index contributed by atoms with van der Waals surface area (Å²) in [6.45, 7) is 1.31. The number of piperidine rings is 1. The molecule has 1 aliphatic rings. The van der Waals surface area contributed by atoms with Gasteiger partial charge < -0.3 is 10.2 Å². The first kappa shape index (κ1) is 20.1. The van der Waals surface area contributed by atoms with Crippen molar-refractivity contribution in [2.24, 2.45) is 0 Å². The molecular weight excluding hydrogens is 400 g/mol. The van der Waals surface area contributed by atoms with Crippen LogP contribution in [0, 0.1) is 0 Å². The molecule has 154 valence electrons. The lowest BCUT2D eigenvalue weighted by Crippen LogP contribution is -2.36. The highest BCUT2D eigenvalue weighted by Crippen LogP contribution is 2.32. The quantitative estimate of drug-likeness (QED) is 0.621. The van der Waals surface area contributed by atoms with Gasteiger partial charge in [0.2, 0.25) is 0 Å². The summed E-state index contributed by atoms with van der Waals surface area (Å²) in [5.74, 6) is -0.145. The van der Waals surface area contributed by atoms with Gasteiger partial charge in [0, 0.05) is 35.8 Å². The number of amides is 2. The monoisotopic (exact) mass is 422 g/mol. The fourth-order valence-electron chi connectivity index (χ4n) is 3.32. The molecule has 0 bridgehead atoms. The predicted molar refractivity (Wildman–Crippen MR) is 117 cm³/mol. The van der Waals surface area contributed by atoms with E-state index in [1.54, 1.807) is 23.4 Å². The maximum atomic E-state index is 12.3. The molecule has 1 saturated heterocycles. The van der Waals surface area contributed by atoms with Crippen LogP contribution in [0.4, 0.5) is 15.6 Å². The van der Waals surface area contributed by atoms with Crippen molar-refractivity contribution >= 4 is 34.2 Å². The first-order valence-corrected chi connectivity index (χ1v) is 10.6. The fourth-order valence-corrected chi connectivity index (χ4v) is 4.25. The molecule has 1 fully saturated rings. The molecule has 3 aromatic rings. The van der Waals surface area contributed by atoms with Crippen LogP contribution in [-0.2, 0) is 4.84 Å². The lowest BCUT2D eigenvalue weighted by atomic mass is 9.98. The lowest BCUT2D eigenvalue weighted by molar-refractivity contribution is -0.123. The number of para-hydroxylation sites is 1. The van der Waals surface area contributed by atoms with E-state index in [-0.39, 0.29) is 17.9 Å². The van der Waals surface area contributed by atoms with E-state index >= 15 is 0 Å². The number of nitrogens with one attached hydrogen (secondary N) is 2. The van der Waals surface area contributed by atoms with Gasteiger partial charge in [-0.3, -0.25) is 5.32 Å². The van der Waals surface area contributed by atoms with Crippen molar-refractivity contribution in [3.05, 3.63) is 77.3 Å². The Morgan fingerprint density at radius 3 is 2.53 bits per heavy atom. The van der Waals surface area contributed by atoms with Crippen LogP contribution in [0.15, 0.2) is 66.9 Å². The highest BCUT2D eigenvalue weighted by atomic mass is 32.1. The van der Waals surface area contributed by atoms with E-state index in [0.29, 0.717) is 23.8 Å². The Morgan fingerprint density at radius 2 is 1.77 bits per heavy atom. The number of hydroxylamine groups is 2. The number of nitrogens with zero attached hydrogens (tertiary/aromatic N) is 2. The summed E-state index contributed by atoms with van der Waals surface area (Å²) < 4.78 is 0. The lowest BCUT2D eigenvalue weighted by Gasteiger charge is -2.30. The minimum absolute atomic E-state index is 0.201. The van der Waals surface area contributed by atoms with Crippen molar-refractivity contribution in [3.8, 4) is 0 Å².